The Morgan fingerprint density at radius 3 is 2.62 bits per heavy atom. The maximum atomic E-state index is 11.7. The van der Waals surface area contributed by atoms with Crippen LogP contribution >= 0.6 is 11.8 Å². The van der Waals surface area contributed by atoms with Crippen LogP contribution in [0.1, 0.15) is 25.5 Å². The zero-order valence-corrected chi connectivity index (χ0v) is 10.5. The number of rotatable bonds is 2. The van der Waals surface area contributed by atoms with Gasteiger partial charge in [-0.05, 0) is 11.5 Å². The molecule has 16 heavy (non-hydrogen) atoms. The Bertz CT molecular complexity index is 363. The number of hydrogen-bond donors (Lipinski definition) is 1. The minimum atomic E-state index is -0.0102. The molecule has 0 bridgehead atoms. The Morgan fingerprint density at radius 2 is 2.00 bits per heavy atom. The summed E-state index contributed by atoms with van der Waals surface area (Å²) in [6.07, 6.45) is 0. The van der Waals surface area contributed by atoms with Crippen molar-refractivity contribution in [1.29, 1.82) is 0 Å². The Kier molecular flexibility index (Phi) is 3.66. The lowest BCUT2D eigenvalue weighted by atomic mass is 10.0. The molecule has 0 spiro atoms. The minimum absolute atomic E-state index is 0.0102. The summed E-state index contributed by atoms with van der Waals surface area (Å²) in [6, 6.07) is 10.6. The van der Waals surface area contributed by atoms with Crippen LogP contribution in [0.2, 0.25) is 0 Å². The van der Waals surface area contributed by atoms with E-state index in [1.165, 1.54) is 17.3 Å². The molecule has 1 heterocycles. The van der Waals surface area contributed by atoms with E-state index in [-0.39, 0.29) is 11.2 Å². The molecule has 0 unspecified atom stereocenters. The Labute approximate surface area is 101 Å². The number of carbonyl (C=O) groups excluding carboxylic acids is 1. The van der Waals surface area contributed by atoms with Crippen molar-refractivity contribution in [2.45, 2.75) is 25.9 Å². The van der Waals surface area contributed by atoms with Gasteiger partial charge >= 0.3 is 0 Å². The van der Waals surface area contributed by atoms with E-state index in [0.717, 1.165) is 5.75 Å². The second-order valence-corrected chi connectivity index (χ2v) is 5.51. The van der Waals surface area contributed by atoms with Crippen LogP contribution in [0.4, 0.5) is 0 Å². The molecule has 86 valence electrons. The van der Waals surface area contributed by atoms with Gasteiger partial charge in [0, 0.05) is 11.8 Å². The second kappa shape index (κ2) is 5.02. The zero-order chi connectivity index (χ0) is 11.5. The van der Waals surface area contributed by atoms with Crippen molar-refractivity contribution in [3.63, 3.8) is 0 Å². The molecule has 1 aromatic rings. The van der Waals surface area contributed by atoms with E-state index in [0.29, 0.717) is 12.0 Å². The van der Waals surface area contributed by atoms with Crippen LogP contribution in [0.5, 0.6) is 0 Å². The van der Waals surface area contributed by atoms with Crippen LogP contribution < -0.4 is 5.32 Å². The highest BCUT2D eigenvalue weighted by atomic mass is 32.2. The van der Waals surface area contributed by atoms with Gasteiger partial charge in [0.2, 0.25) is 5.12 Å². The van der Waals surface area contributed by atoms with Crippen LogP contribution in [-0.2, 0) is 4.79 Å². The first-order valence-corrected chi connectivity index (χ1v) is 6.64. The summed E-state index contributed by atoms with van der Waals surface area (Å²) in [6.45, 7) is 4.17. The molecule has 1 N–H and O–H groups in total. The third kappa shape index (κ3) is 2.47. The highest BCUT2D eigenvalue weighted by molar-refractivity contribution is 8.13. The molecule has 2 atom stereocenters. The van der Waals surface area contributed by atoms with Gasteiger partial charge in [0.05, 0.1) is 6.04 Å². The number of carbonyl (C=O) groups is 1. The van der Waals surface area contributed by atoms with Crippen LogP contribution in [0.15, 0.2) is 30.3 Å². The molecule has 1 aliphatic rings. The second-order valence-electron chi connectivity index (χ2n) is 4.48. The SMILES string of the molecule is CC(C)[C@@H]1N[C@H](c2ccccc2)CSC1=O. The van der Waals surface area contributed by atoms with Gasteiger partial charge in [0.1, 0.15) is 0 Å². The molecule has 0 aliphatic carbocycles. The lowest BCUT2D eigenvalue weighted by Crippen LogP contribution is -2.46. The standard InChI is InChI=1S/C13H17NOS/c1-9(2)12-13(15)16-8-11(14-12)10-6-4-3-5-7-10/h3-7,9,11-12,14H,8H2,1-2H3/t11-,12-/m0/s1. The van der Waals surface area contributed by atoms with Gasteiger partial charge in [-0.1, -0.05) is 55.9 Å². The molecule has 0 amide bonds. The van der Waals surface area contributed by atoms with Gasteiger partial charge < -0.3 is 0 Å². The predicted octanol–water partition coefficient (Wildman–Crippen LogP) is 2.62. The Balaban J connectivity index is 2.12. The summed E-state index contributed by atoms with van der Waals surface area (Å²) in [5.74, 6) is 1.19. The van der Waals surface area contributed by atoms with E-state index in [4.69, 9.17) is 0 Å². The van der Waals surface area contributed by atoms with Crippen LogP contribution in [0.3, 0.4) is 0 Å². The third-order valence-electron chi connectivity index (χ3n) is 2.90. The molecular weight excluding hydrogens is 218 g/mol. The van der Waals surface area contributed by atoms with Gasteiger partial charge in [-0.3, -0.25) is 10.1 Å². The van der Waals surface area contributed by atoms with Crippen molar-refractivity contribution in [3.8, 4) is 0 Å². The molecular formula is C13H17NOS. The molecule has 1 saturated heterocycles. The van der Waals surface area contributed by atoms with Crippen molar-refractivity contribution in [2.75, 3.05) is 5.75 Å². The molecule has 0 saturated carbocycles. The predicted molar refractivity (Wildman–Crippen MR) is 68.4 cm³/mol. The van der Waals surface area contributed by atoms with Crippen molar-refractivity contribution in [2.24, 2.45) is 5.92 Å². The third-order valence-corrected chi connectivity index (χ3v) is 3.93. The molecule has 0 radical (unpaired) electrons. The van der Waals surface area contributed by atoms with E-state index >= 15 is 0 Å². The molecule has 1 aromatic carbocycles. The minimum Gasteiger partial charge on any atom is -0.299 e. The van der Waals surface area contributed by atoms with E-state index in [9.17, 15) is 4.79 Å². The topological polar surface area (TPSA) is 29.1 Å². The molecule has 1 aliphatic heterocycles. The largest absolute Gasteiger partial charge is 0.299 e. The monoisotopic (exact) mass is 235 g/mol. The Morgan fingerprint density at radius 1 is 1.31 bits per heavy atom. The Hall–Kier alpha value is -0.800. The van der Waals surface area contributed by atoms with Crippen LogP contribution in [0.25, 0.3) is 0 Å². The van der Waals surface area contributed by atoms with Gasteiger partial charge in [-0.2, -0.15) is 0 Å². The van der Waals surface area contributed by atoms with Crippen LogP contribution in [-0.4, -0.2) is 16.9 Å². The van der Waals surface area contributed by atoms with Gasteiger partial charge in [-0.25, -0.2) is 0 Å². The molecule has 0 aromatic heterocycles. The first-order valence-electron chi connectivity index (χ1n) is 5.66. The first kappa shape index (κ1) is 11.7. The number of benzene rings is 1. The maximum Gasteiger partial charge on any atom is 0.206 e. The van der Waals surface area contributed by atoms with Gasteiger partial charge in [0.25, 0.3) is 0 Å². The lowest BCUT2D eigenvalue weighted by molar-refractivity contribution is -0.114. The molecule has 2 nitrogen and oxygen atoms in total. The summed E-state index contributed by atoms with van der Waals surface area (Å²) >= 11 is 1.46. The fourth-order valence-electron chi connectivity index (χ4n) is 1.93. The van der Waals surface area contributed by atoms with Gasteiger partial charge in [0.15, 0.2) is 0 Å². The van der Waals surface area contributed by atoms with Gasteiger partial charge in [-0.15, -0.1) is 0 Å². The van der Waals surface area contributed by atoms with Crippen molar-refractivity contribution in [1.82, 2.24) is 5.32 Å². The molecule has 3 heteroatoms. The quantitative estimate of drug-likeness (QED) is 0.854. The average molecular weight is 235 g/mol. The maximum absolute atomic E-state index is 11.7. The van der Waals surface area contributed by atoms with Crippen molar-refractivity contribution in [3.05, 3.63) is 35.9 Å². The number of nitrogens with one attached hydrogen (secondary N) is 1. The summed E-state index contributed by atoms with van der Waals surface area (Å²) < 4.78 is 0. The highest BCUT2D eigenvalue weighted by Crippen LogP contribution is 2.27. The average Bonchev–Trinajstić information content (AvgIpc) is 2.30. The molecule has 2 rings (SSSR count). The summed E-state index contributed by atoms with van der Waals surface area (Å²) in [7, 11) is 0. The molecule has 1 fully saturated rings. The van der Waals surface area contributed by atoms with Crippen molar-refractivity contribution < 1.29 is 4.79 Å². The smallest absolute Gasteiger partial charge is 0.206 e. The van der Waals surface area contributed by atoms with E-state index < -0.39 is 0 Å². The first-order chi connectivity index (χ1) is 7.68. The van der Waals surface area contributed by atoms with Crippen LogP contribution in [0, 0.1) is 5.92 Å². The number of hydrogen-bond acceptors (Lipinski definition) is 3. The number of thioether (sulfide) groups is 1. The fraction of sp³-hybridized carbons (Fsp3) is 0.462. The lowest BCUT2D eigenvalue weighted by Gasteiger charge is -2.31. The normalized spacial score (nSPS) is 26.1. The zero-order valence-electron chi connectivity index (χ0n) is 9.64. The van der Waals surface area contributed by atoms with E-state index in [1.54, 1.807) is 0 Å². The fourth-order valence-corrected chi connectivity index (χ4v) is 3.07. The van der Waals surface area contributed by atoms with E-state index in [2.05, 4.69) is 31.3 Å². The summed E-state index contributed by atoms with van der Waals surface area (Å²) in [5.41, 5.74) is 1.27. The van der Waals surface area contributed by atoms with E-state index in [1.807, 2.05) is 18.2 Å². The summed E-state index contributed by atoms with van der Waals surface area (Å²) in [5, 5.41) is 3.73. The summed E-state index contributed by atoms with van der Waals surface area (Å²) in [4.78, 5) is 11.7. The van der Waals surface area contributed by atoms with Crippen molar-refractivity contribution >= 4 is 16.9 Å². The highest BCUT2D eigenvalue weighted by Gasteiger charge is 2.31.